The fourth-order valence-corrected chi connectivity index (χ4v) is 4.55. The van der Waals surface area contributed by atoms with E-state index in [1.807, 2.05) is 19.1 Å². The topological polar surface area (TPSA) is 64.6 Å². The highest BCUT2D eigenvalue weighted by Crippen LogP contribution is 2.24. The summed E-state index contributed by atoms with van der Waals surface area (Å²) < 4.78 is 37.6. The van der Waals surface area contributed by atoms with E-state index in [0.717, 1.165) is 9.75 Å². The molecule has 0 amide bonds. The first-order chi connectivity index (χ1) is 10.4. The molecule has 22 heavy (non-hydrogen) atoms. The highest BCUT2D eigenvalue weighted by atomic mass is 32.2. The van der Waals surface area contributed by atoms with E-state index >= 15 is 0 Å². The maximum Gasteiger partial charge on any atom is 0.241 e. The molecule has 0 fully saturated rings. The zero-order valence-corrected chi connectivity index (χ0v) is 14.4. The van der Waals surface area contributed by atoms with Gasteiger partial charge in [-0.1, -0.05) is 6.07 Å². The summed E-state index contributed by atoms with van der Waals surface area (Å²) in [7, 11) is -1.90. The first kappa shape index (κ1) is 16.8. The molecule has 120 valence electrons. The molecule has 0 atom stereocenters. The standard InChI is InChI=1S/C15H19NO4S2/c1-11-9-15(12(2)21-11)22(17,18)16-7-8-20-14-6-4-5-13(10-14)19-3/h4-6,9-10,16H,7-8H2,1-3H3. The SMILES string of the molecule is COc1cccc(OCCNS(=O)(=O)c2cc(C)sc2C)c1. The average molecular weight is 341 g/mol. The molecule has 0 aliphatic carbocycles. The van der Waals surface area contributed by atoms with E-state index in [0.29, 0.717) is 16.4 Å². The molecule has 2 rings (SSSR count). The van der Waals surface area contributed by atoms with Crippen LogP contribution in [0, 0.1) is 13.8 Å². The number of methoxy groups -OCH3 is 1. The molecule has 1 heterocycles. The molecular weight excluding hydrogens is 322 g/mol. The van der Waals surface area contributed by atoms with E-state index < -0.39 is 10.0 Å². The van der Waals surface area contributed by atoms with Crippen molar-refractivity contribution in [3.05, 3.63) is 40.1 Å². The van der Waals surface area contributed by atoms with Gasteiger partial charge < -0.3 is 9.47 Å². The first-order valence-corrected chi connectivity index (χ1v) is 9.06. The Morgan fingerprint density at radius 1 is 1.18 bits per heavy atom. The zero-order valence-electron chi connectivity index (χ0n) is 12.8. The molecule has 7 heteroatoms. The summed E-state index contributed by atoms with van der Waals surface area (Å²) in [4.78, 5) is 2.11. The van der Waals surface area contributed by atoms with Gasteiger partial charge in [-0.3, -0.25) is 0 Å². The van der Waals surface area contributed by atoms with E-state index in [-0.39, 0.29) is 13.2 Å². The minimum absolute atomic E-state index is 0.202. The number of nitrogens with one attached hydrogen (secondary N) is 1. The molecule has 0 aliphatic rings. The lowest BCUT2D eigenvalue weighted by molar-refractivity contribution is 0.320. The molecule has 2 aromatic rings. The van der Waals surface area contributed by atoms with Crippen LogP contribution in [0.1, 0.15) is 9.75 Å². The maximum atomic E-state index is 12.2. The van der Waals surface area contributed by atoms with E-state index in [4.69, 9.17) is 9.47 Å². The van der Waals surface area contributed by atoms with Crippen molar-refractivity contribution in [3.63, 3.8) is 0 Å². The van der Waals surface area contributed by atoms with Gasteiger partial charge in [0, 0.05) is 22.4 Å². The van der Waals surface area contributed by atoms with Crippen LogP contribution in [0.15, 0.2) is 35.2 Å². The Bertz CT molecular complexity index is 738. The van der Waals surface area contributed by atoms with Crippen LogP contribution < -0.4 is 14.2 Å². The van der Waals surface area contributed by atoms with Crippen LogP contribution in [0.25, 0.3) is 0 Å². The highest BCUT2D eigenvalue weighted by Gasteiger charge is 2.18. The predicted molar refractivity (Wildman–Crippen MR) is 87.5 cm³/mol. The van der Waals surface area contributed by atoms with Gasteiger partial charge in [-0.25, -0.2) is 13.1 Å². The molecule has 1 N–H and O–H groups in total. The van der Waals surface area contributed by atoms with Crippen LogP contribution in [-0.2, 0) is 10.0 Å². The molecule has 0 bridgehead atoms. The minimum atomic E-state index is -3.48. The Morgan fingerprint density at radius 2 is 1.91 bits per heavy atom. The van der Waals surface area contributed by atoms with Gasteiger partial charge in [0.15, 0.2) is 0 Å². The van der Waals surface area contributed by atoms with Crippen LogP contribution in [-0.4, -0.2) is 28.7 Å². The summed E-state index contributed by atoms with van der Waals surface area (Å²) in [5.74, 6) is 1.34. The van der Waals surface area contributed by atoms with E-state index in [1.165, 1.54) is 11.3 Å². The highest BCUT2D eigenvalue weighted by molar-refractivity contribution is 7.89. The second-order valence-corrected chi connectivity index (χ2v) is 7.90. The number of sulfonamides is 1. The van der Waals surface area contributed by atoms with Crippen molar-refractivity contribution in [1.29, 1.82) is 0 Å². The number of ether oxygens (including phenoxy) is 2. The van der Waals surface area contributed by atoms with Crippen LogP contribution >= 0.6 is 11.3 Å². The Labute approximate surface area is 134 Å². The Balaban J connectivity index is 1.89. The summed E-state index contributed by atoms with van der Waals surface area (Å²) in [5.41, 5.74) is 0. The molecule has 0 saturated carbocycles. The van der Waals surface area contributed by atoms with Gasteiger partial charge in [0.1, 0.15) is 18.1 Å². The summed E-state index contributed by atoms with van der Waals surface area (Å²) in [6, 6.07) is 8.86. The smallest absolute Gasteiger partial charge is 0.241 e. The van der Waals surface area contributed by atoms with Gasteiger partial charge in [0.05, 0.1) is 12.0 Å². The average Bonchev–Trinajstić information content (AvgIpc) is 2.83. The molecule has 5 nitrogen and oxygen atoms in total. The fraction of sp³-hybridized carbons (Fsp3) is 0.333. The van der Waals surface area contributed by atoms with Gasteiger partial charge in [-0.2, -0.15) is 0 Å². The maximum absolute atomic E-state index is 12.2. The Kier molecular flexibility index (Phi) is 5.44. The number of hydrogen-bond donors (Lipinski definition) is 1. The number of hydrogen-bond acceptors (Lipinski definition) is 5. The van der Waals surface area contributed by atoms with Crippen LogP contribution in [0.2, 0.25) is 0 Å². The second kappa shape index (κ2) is 7.13. The number of thiophene rings is 1. The van der Waals surface area contributed by atoms with Gasteiger partial charge in [-0.15, -0.1) is 11.3 Å². The Morgan fingerprint density at radius 3 is 2.55 bits per heavy atom. The van der Waals surface area contributed by atoms with Crippen molar-refractivity contribution in [2.24, 2.45) is 0 Å². The molecule has 0 radical (unpaired) electrons. The molecule has 0 spiro atoms. The van der Waals surface area contributed by atoms with E-state index in [2.05, 4.69) is 4.72 Å². The van der Waals surface area contributed by atoms with Gasteiger partial charge in [-0.05, 0) is 32.0 Å². The van der Waals surface area contributed by atoms with Crippen molar-refractivity contribution in [2.45, 2.75) is 18.7 Å². The molecular formula is C15H19NO4S2. The van der Waals surface area contributed by atoms with Crippen molar-refractivity contribution in [1.82, 2.24) is 4.72 Å². The third-order valence-electron chi connectivity index (χ3n) is 2.99. The lowest BCUT2D eigenvalue weighted by Crippen LogP contribution is -2.28. The van der Waals surface area contributed by atoms with Crippen molar-refractivity contribution < 1.29 is 17.9 Å². The first-order valence-electron chi connectivity index (χ1n) is 6.76. The van der Waals surface area contributed by atoms with Gasteiger partial charge in [0.25, 0.3) is 0 Å². The molecule has 0 saturated heterocycles. The molecule has 1 aromatic carbocycles. The van der Waals surface area contributed by atoms with E-state index in [9.17, 15) is 8.42 Å². The van der Waals surface area contributed by atoms with Crippen LogP contribution in [0.3, 0.4) is 0 Å². The van der Waals surface area contributed by atoms with Crippen molar-refractivity contribution in [3.8, 4) is 11.5 Å². The number of benzene rings is 1. The lowest BCUT2D eigenvalue weighted by Gasteiger charge is -2.09. The summed E-state index contributed by atoms with van der Waals surface area (Å²) in [6.45, 7) is 4.14. The number of aryl methyl sites for hydroxylation is 2. The van der Waals surface area contributed by atoms with E-state index in [1.54, 1.807) is 32.2 Å². The monoisotopic (exact) mass is 341 g/mol. The Hall–Kier alpha value is -1.57. The molecule has 0 aliphatic heterocycles. The minimum Gasteiger partial charge on any atom is -0.497 e. The van der Waals surface area contributed by atoms with Crippen LogP contribution in [0.4, 0.5) is 0 Å². The third-order valence-corrected chi connectivity index (χ3v) is 5.67. The largest absolute Gasteiger partial charge is 0.497 e. The lowest BCUT2D eigenvalue weighted by atomic mass is 10.3. The fourth-order valence-electron chi connectivity index (χ4n) is 1.99. The predicted octanol–water partition coefficient (Wildman–Crippen LogP) is 2.73. The number of rotatable bonds is 7. The normalized spacial score (nSPS) is 11.4. The summed E-state index contributed by atoms with van der Waals surface area (Å²) in [6.07, 6.45) is 0. The molecule has 0 unspecified atom stereocenters. The zero-order chi connectivity index (χ0) is 16.2. The van der Waals surface area contributed by atoms with Crippen molar-refractivity contribution >= 4 is 21.4 Å². The summed E-state index contributed by atoms with van der Waals surface area (Å²) >= 11 is 1.47. The third kappa shape index (κ3) is 4.22. The second-order valence-electron chi connectivity index (χ2n) is 4.70. The van der Waals surface area contributed by atoms with Gasteiger partial charge in [0.2, 0.25) is 10.0 Å². The van der Waals surface area contributed by atoms with Crippen LogP contribution in [0.5, 0.6) is 11.5 Å². The quantitative estimate of drug-likeness (QED) is 0.787. The van der Waals surface area contributed by atoms with Crippen molar-refractivity contribution in [2.75, 3.05) is 20.3 Å². The molecule has 1 aromatic heterocycles. The van der Waals surface area contributed by atoms with Gasteiger partial charge >= 0.3 is 0 Å². The summed E-state index contributed by atoms with van der Waals surface area (Å²) in [5, 5.41) is 0.